The van der Waals surface area contributed by atoms with Crippen molar-refractivity contribution >= 4 is 0 Å². The Morgan fingerprint density at radius 2 is 0.931 bits per heavy atom. The van der Waals surface area contributed by atoms with Crippen LogP contribution in [0.25, 0.3) is 0 Å². The fourth-order valence-corrected chi connectivity index (χ4v) is 1.87. The van der Waals surface area contributed by atoms with Gasteiger partial charge in [0.15, 0.2) is 0 Å². The average Bonchev–Trinajstić information content (AvgIpc) is 2.54. The van der Waals surface area contributed by atoms with Crippen molar-refractivity contribution in [3.8, 4) is 0 Å². The highest BCUT2D eigenvalue weighted by atomic mass is 17.1. The van der Waals surface area contributed by atoms with Crippen LogP contribution in [-0.2, 0) is 23.8 Å². The number of aliphatic hydroxyl groups is 1. The third-order valence-corrected chi connectivity index (χ3v) is 3.38. The zero-order chi connectivity index (χ0) is 17.6. The van der Waals surface area contributed by atoms with Crippen molar-refractivity contribution < 1.29 is 34.2 Å². The predicted octanol–water partition coefficient (Wildman–Crippen LogP) is 5.40. The molecular weight excluding hydrogens is 376 g/mol. The maximum absolute atomic E-state index is 9.42. The summed E-state index contributed by atoms with van der Waals surface area (Å²) in [6.07, 6.45) is 0. The van der Waals surface area contributed by atoms with Crippen LogP contribution in [0.4, 0.5) is 0 Å². The van der Waals surface area contributed by atoms with Crippen LogP contribution in [0.3, 0.4) is 0 Å². The molecule has 7 heteroatoms. The van der Waals surface area contributed by atoms with Gasteiger partial charge in [-0.2, -0.15) is 0 Å². The van der Waals surface area contributed by atoms with Crippen molar-refractivity contribution in [2.24, 2.45) is 10.8 Å². The maximum atomic E-state index is 9.42. The van der Waals surface area contributed by atoms with Crippen LogP contribution < -0.4 is 0 Å². The highest BCUT2D eigenvalue weighted by Gasteiger charge is 2.26. The van der Waals surface area contributed by atoms with E-state index in [0.29, 0.717) is 52.9 Å². The van der Waals surface area contributed by atoms with Gasteiger partial charge in [0.2, 0.25) is 0 Å². The summed E-state index contributed by atoms with van der Waals surface area (Å²) in [5.74, 6) is 0. The molecule has 0 saturated carbocycles. The van der Waals surface area contributed by atoms with Crippen LogP contribution in [0.1, 0.15) is 72.3 Å². The standard InChI is InChI=1S/C16H34O7.6CH4/c1-5-19-10-15(3,9-17)11-21-7-8-22-13-16(4,14-23-18)12-20-6-2;;;;;;/h17-18H,5-14H2,1-4H3;6*1H4. The molecule has 29 heavy (non-hydrogen) atoms. The van der Waals surface area contributed by atoms with E-state index in [1.54, 1.807) is 0 Å². The van der Waals surface area contributed by atoms with Crippen LogP contribution in [0, 0.1) is 10.8 Å². The van der Waals surface area contributed by atoms with Gasteiger partial charge >= 0.3 is 0 Å². The molecule has 0 aromatic carbocycles. The highest BCUT2D eigenvalue weighted by molar-refractivity contribution is 4.73. The molecule has 188 valence electrons. The Labute approximate surface area is 184 Å². The number of aliphatic hydroxyl groups excluding tert-OH is 1. The quantitative estimate of drug-likeness (QED) is 0.191. The van der Waals surface area contributed by atoms with Crippen molar-refractivity contribution in [1.29, 1.82) is 0 Å². The summed E-state index contributed by atoms with van der Waals surface area (Å²) in [5.41, 5.74) is -0.802. The molecular formula is C22H58O7. The molecule has 2 unspecified atom stereocenters. The van der Waals surface area contributed by atoms with Crippen LogP contribution in [-0.4, -0.2) is 76.4 Å². The van der Waals surface area contributed by atoms with E-state index >= 15 is 0 Å². The summed E-state index contributed by atoms with van der Waals surface area (Å²) < 4.78 is 21.9. The number of ether oxygens (including phenoxy) is 4. The van der Waals surface area contributed by atoms with Gasteiger partial charge in [-0.3, -0.25) is 5.26 Å². The highest BCUT2D eigenvalue weighted by Crippen LogP contribution is 2.18. The minimum atomic E-state index is -0.403. The molecule has 0 aliphatic heterocycles. The SMILES string of the molecule is C.C.C.C.C.C.CCOCC(C)(CO)COCCOCC(C)(COO)COCC. The molecule has 0 radical (unpaired) electrons. The Morgan fingerprint density at radius 3 is 1.28 bits per heavy atom. The Bertz CT molecular complexity index is 280. The number of hydrogen-bond acceptors (Lipinski definition) is 7. The van der Waals surface area contributed by atoms with Gasteiger partial charge in [-0.25, -0.2) is 4.89 Å². The van der Waals surface area contributed by atoms with E-state index in [4.69, 9.17) is 24.2 Å². The van der Waals surface area contributed by atoms with Gasteiger partial charge in [0.05, 0.1) is 52.9 Å². The van der Waals surface area contributed by atoms with Gasteiger partial charge in [0.25, 0.3) is 0 Å². The molecule has 2 atom stereocenters. The van der Waals surface area contributed by atoms with E-state index < -0.39 is 10.8 Å². The van der Waals surface area contributed by atoms with Crippen molar-refractivity contribution in [1.82, 2.24) is 0 Å². The minimum absolute atomic E-state index is 0. The fourth-order valence-electron chi connectivity index (χ4n) is 1.87. The van der Waals surface area contributed by atoms with Crippen molar-refractivity contribution in [3.63, 3.8) is 0 Å². The van der Waals surface area contributed by atoms with Crippen molar-refractivity contribution in [3.05, 3.63) is 0 Å². The topological polar surface area (TPSA) is 86.6 Å². The predicted molar refractivity (Wildman–Crippen MR) is 127 cm³/mol. The molecule has 0 fully saturated rings. The van der Waals surface area contributed by atoms with E-state index in [1.165, 1.54) is 0 Å². The third kappa shape index (κ3) is 23.9. The second-order valence-electron chi connectivity index (χ2n) is 6.43. The van der Waals surface area contributed by atoms with E-state index in [9.17, 15) is 5.11 Å². The zero-order valence-electron chi connectivity index (χ0n) is 15.0. The molecule has 0 amide bonds. The summed E-state index contributed by atoms with van der Waals surface area (Å²) in [5, 5.41) is 18.1. The van der Waals surface area contributed by atoms with E-state index in [1.807, 2.05) is 27.7 Å². The lowest BCUT2D eigenvalue weighted by Gasteiger charge is -2.28. The lowest BCUT2D eigenvalue weighted by Crippen LogP contribution is -2.35. The second kappa shape index (κ2) is 27.7. The first-order valence-corrected chi connectivity index (χ1v) is 8.13. The smallest absolute Gasteiger partial charge is 0.0917 e. The average molecular weight is 435 g/mol. The zero-order valence-corrected chi connectivity index (χ0v) is 15.0. The molecule has 0 saturated heterocycles. The maximum Gasteiger partial charge on any atom is 0.0917 e. The molecule has 7 nitrogen and oxygen atoms in total. The van der Waals surface area contributed by atoms with Crippen LogP contribution in [0.15, 0.2) is 0 Å². The summed E-state index contributed by atoms with van der Waals surface area (Å²) in [6.45, 7) is 11.6. The Morgan fingerprint density at radius 1 is 0.586 bits per heavy atom. The van der Waals surface area contributed by atoms with E-state index in [2.05, 4.69) is 4.89 Å². The summed E-state index contributed by atoms with van der Waals surface area (Å²) >= 11 is 0. The third-order valence-electron chi connectivity index (χ3n) is 3.38. The monoisotopic (exact) mass is 434 g/mol. The van der Waals surface area contributed by atoms with E-state index in [0.717, 1.165) is 0 Å². The van der Waals surface area contributed by atoms with Gasteiger partial charge in [-0.15, -0.1) is 0 Å². The molecule has 2 N–H and O–H groups in total. The lowest BCUT2D eigenvalue weighted by molar-refractivity contribution is -0.269. The molecule has 0 bridgehead atoms. The first kappa shape index (κ1) is 46.8. The summed E-state index contributed by atoms with van der Waals surface area (Å²) in [7, 11) is 0. The molecule has 0 aliphatic carbocycles. The van der Waals surface area contributed by atoms with Gasteiger partial charge in [0.1, 0.15) is 0 Å². The molecule has 0 heterocycles. The van der Waals surface area contributed by atoms with Crippen molar-refractivity contribution in [2.45, 2.75) is 72.3 Å². The first-order chi connectivity index (χ1) is 10.9. The van der Waals surface area contributed by atoms with Crippen molar-refractivity contribution in [2.75, 3.05) is 66.1 Å². The summed E-state index contributed by atoms with van der Waals surface area (Å²) in [4.78, 5) is 4.25. The van der Waals surface area contributed by atoms with Crippen LogP contribution in [0.2, 0.25) is 0 Å². The Kier molecular flexibility index (Phi) is 44.7. The molecule has 0 rings (SSSR count). The first-order valence-electron chi connectivity index (χ1n) is 8.13. The molecule has 0 spiro atoms. The normalized spacial score (nSPS) is 13.4. The van der Waals surface area contributed by atoms with Gasteiger partial charge in [0, 0.05) is 24.0 Å². The Hall–Kier alpha value is -0.280. The summed E-state index contributed by atoms with van der Waals surface area (Å²) in [6, 6.07) is 0. The minimum Gasteiger partial charge on any atom is -0.396 e. The number of hydrogen-bond donors (Lipinski definition) is 2. The molecule has 0 aromatic rings. The van der Waals surface area contributed by atoms with Crippen LogP contribution in [0.5, 0.6) is 0 Å². The van der Waals surface area contributed by atoms with E-state index in [-0.39, 0.29) is 57.8 Å². The molecule has 0 aromatic heterocycles. The lowest BCUT2D eigenvalue weighted by atomic mass is 9.94. The van der Waals surface area contributed by atoms with Gasteiger partial charge in [-0.05, 0) is 13.8 Å². The van der Waals surface area contributed by atoms with Gasteiger partial charge < -0.3 is 24.1 Å². The number of rotatable bonds is 16. The largest absolute Gasteiger partial charge is 0.396 e. The van der Waals surface area contributed by atoms with Crippen LogP contribution >= 0.6 is 0 Å². The molecule has 0 aliphatic rings. The fraction of sp³-hybridized carbons (Fsp3) is 1.00. The second-order valence-corrected chi connectivity index (χ2v) is 6.43. The Balaban J connectivity index is -0.000000161. The van der Waals surface area contributed by atoms with Gasteiger partial charge in [-0.1, -0.05) is 58.4 Å².